The van der Waals surface area contributed by atoms with Crippen molar-refractivity contribution in [1.82, 2.24) is 9.55 Å². The van der Waals surface area contributed by atoms with Crippen LogP contribution in [0.25, 0.3) is 11.3 Å². The van der Waals surface area contributed by atoms with Crippen molar-refractivity contribution in [2.45, 2.75) is 20.4 Å². The number of rotatable bonds is 4. The largest absolute Gasteiger partial charge is 0.496 e. The maximum atomic E-state index is 5.76. The summed E-state index contributed by atoms with van der Waals surface area (Å²) in [4.78, 5) is 4.40. The van der Waals surface area contributed by atoms with Crippen molar-refractivity contribution in [3.05, 3.63) is 52.7 Å². The van der Waals surface area contributed by atoms with E-state index in [1.807, 2.05) is 23.6 Å². The van der Waals surface area contributed by atoms with Crippen LogP contribution >= 0.6 is 11.3 Å². The maximum absolute atomic E-state index is 5.76. The van der Waals surface area contributed by atoms with Gasteiger partial charge in [0.05, 0.1) is 19.3 Å². The normalized spacial score (nSPS) is 10.9. The van der Waals surface area contributed by atoms with Gasteiger partial charge in [0.2, 0.25) is 0 Å². The number of thiazole rings is 1. The molecule has 1 aromatic carbocycles. The summed E-state index contributed by atoms with van der Waals surface area (Å²) in [5.74, 6) is 0.912. The Balaban J connectivity index is 2.00. The van der Waals surface area contributed by atoms with Gasteiger partial charge in [0.1, 0.15) is 5.75 Å². The number of ether oxygens (including phenoxy) is 1. The molecule has 0 aliphatic carbocycles. The molecule has 0 unspecified atom stereocenters. The minimum absolute atomic E-state index is 0.601. The molecule has 22 heavy (non-hydrogen) atoms. The fraction of sp³-hybridized carbons (Fsp3) is 0.235. The third-order valence-electron chi connectivity index (χ3n) is 3.89. The molecule has 0 aliphatic rings. The zero-order valence-corrected chi connectivity index (χ0v) is 13.8. The third kappa shape index (κ3) is 2.60. The van der Waals surface area contributed by atoms with Crippen LogP contribution < -0.4 is 10.5 Å². The fourth-order valence-corrected chi connectivity index (χ4v) is 3.28. The summed E-state index contributed by atoms with van der Waals surface area (Å²) >= 11 is 1.47. The van der Waals surface area contributed by atoms with E-state index in [-0.39, 0.29) is 0 Å². The Labute approximate surface area is 134 Å². The molecule has 0 bridgehead atoms. The average Bonchev–Trinajstić information content (AvgIpc) is 3.06. The van der Waals surface area contributed by atoms with Crippen molar-refractivity contribution in [2.24, 2.45) is 0 Å². The van der Waals surface area contributed by atoms with Gasteiger partial charge in [-0.25, -0.2) is 4.98 Å². The Morgan fingerprint density at radius 3 is 2.73 bits per heavy atom. The Morgan fingerprint density at radius 2 is 2.05 bits per heavy atom. The molecule has 0 fully saturated rings. The van der Waals surface area contributed by atoms with E-state index in [0.29, 0.717) is 5.13 Å². The molecular weight excluding hydrogens is 294 g/mol. The molecule has 2 aromatic heterocycles. The number of methoxy groups -OCH3 is 1. The predicted molar refractivity (Wildman–Crippen MR) is 91.5 cm³/mol. The van der Waals surface area contributed by atoms with Gasteiger partial charge >= 0.3 is 0 Å². The summed E-state index contributed by atoms with van der Waals surface area (Å²) in [6.45, 7) is 5.01. The number of aryl methyl sites for hydroxylation is 1. The second kappa shape index (κ2) is 5.85. The lowest BCUT2D eigenvalue weighted by molar-refractivity contribution is 0.408. The van der Waals surface area contributed by atoms with Gasteiger partial charge in [-0.3, -0.25) is 0 Å². The zero-order chi connectivity index (χ0) is 15.7. The molecule has 2 N–H and O–H groups in total. The first-order valence-electron chi connectivity index (χ1n) is 7.10. The van der Waals surface area contributed by atoms with Crippen molar-refractivity contribution in [1.29, 1.82) is 0 Å². The number of aromatic nitrogens is 2. The van der Waals surface area contributed by atoms with Gasteiger partial charge < -0.3 is 15.0 Å². The van der Waals surface area contributed by atoms with Crippen LogP contribution in [-0.4, -0.2) is 16.7 Å². The van der Waals surface area contributed by atoms with Crippen LogP contribution in [0.3, 0.4) is 0 Å². The van der Waals surface area contributed by atoms with E-state index in [9.17, 15) is 0 Å². The van der Waals surface area contributed by atoms with Gasteiger partial charge in [-0.1, -0.05) is 18.2 Å². The number of anilines is 1. The molecule has 4 nitrogen and oxygen atoms in total. The lowest BCUT2D eigenvalue weighted by atomic mass is 10.2. The van der Waals surface area contributed by atoms with E-state index in [4.69, 9.17) is 10.5 Å². The van der Waals surface area contributed by atoms with Crippen molar-refractivity contribution in [3.8, 4) is 17.0 Å². The summed E-state index contributed by atoms with van der Waals surface area (Å²) in [6, 6.07) is 10.3. The van der Waals surface area contributed by atoms with Crippen LogP contribution in [0.5, 0.6) is 5.75 Å². The van der Waals surface area contributed by atoms with E-state index >= 15 is 0 Å². The molecule has 0 atom stereocenters. The van der Waals surface area contributed by atoms with Crippen LogP contribution in [0.2, 0.25) is 0 Å². The molecule has 0 saturated heterocycles. The lowest BCUT2D eigenvalue weighted by Gasteiger charge is -2.13. The van der Waals surface area contributed by atoms with Gasteiger partial charge in [-0.15, -0.1) is 11.3 Å². The molecule has 3 aromatic rings. The molecule has 114 valence electrons. The van der Waals surface area contributed by atoms with Crippen LogP contribution in [0.1, 0.15) is 17.0 Å². The highest BCUT2D eigenvalue weighted by Crippen LogP contribution is 2.30. The molecular formula is C17H19N3OS. The van der Waals surface area contributed by atoms with Crippen molar-refractivity contribution in [2.75, 3.05) is 12.8 Å². The molecule has 0 radical (unpaired) electrons. The quantitative estimate of drug-likeness (QED) is 0.795. The second-order valence-electron chi connectivity index (χ2n) is 5.25. The Kier molecular flexibility index (Phi) is 3.90. The molecule has 2 heterocycles. The Hall–Kier alpha value is -2.27. The number of nitrogens with two attached hydrogens (primary N) is 1. The number of hydrogen-bond donors (Lipinski definition) is 1. The summed E-state index contributed by atoms with van der Waals surface area (Å²) in [5, 5.41) is 2.61. The fourth-order valence-electron chi connectivity index (χ4n) is 2.72. The summed E-state index contributed by atoms with van der Waals surface area (Å²) < 4.78 is 7.73. The predicted octanol–water partition coefficient (Wildman–Crippen LogP) is 3.87. The molecule has 0 aliphatic heterocycles. The smallest absolute Gasteiger partial charge is 0.180 e. The van der Waals surface area contributed by atoms with Crippen molar-refractivity contribution < 1.29 is 4.74 Å². The van der Waals surface area contributed by atoms with E-state index < -0.39 is 0 Å². The molecule has 0 amide bonds. The monoisotopic (exact) mass is 313 g/mol. The maximum Gasteiger partial charge on any atom is 0.180 e. The van der Waals surface area contributed by atoms with Crippen LogP contribution in [0.15, 0.2) is 35.7 Å². The summed E-state index contributed by atoms with van der Waals surface area (Å²) in [6.07, 6.45) is 0. The van der Waals surface area contributed by atoms with E-state index in [2.05, 4.69) is 35.5 Å². The number of hydrogen-bond acceptors (Lipinski definition) is 4. The van der Waals surface area contributed by atoms with Crippen LogP contribution in [0.4, 0.5) is 5.13 Å². The van der Waals surface area contributed by atoms with Gasteiger partial charge in [0.15, 0.2) is 5.13 Å². The van der Waals surface area contributed by atoms with Crippen molar-refractivity contribution >= 4 is 16.5 Å². The second-order valence-corrected chi connectivity index (χ2v) is 6.14. The van der Waals surface area contributed by atoms with Gasteiger partial charge in [0, 0.05) is 27.9 Å². The lowest BCUT2D eigenvalue weighted by Crippen LogP contribution is -2.05. The molecule has 3 rings (SSSR count). The Morgan fingerprint density at radius 1 is 1.27 bits per heavy atom. The van der Waals surface area contributed by atoms with E-state index in [1.54, 1.807) is 7.11 Å². The van der Waals surface area contributed by atoms with Crippen LogP contribution in [0, 0.1) is 13.8 Å². The number of nitrogens with zero attached hydrogens (tertiary/aromatic N) is 2. The summed E-state index contributed by atoms with van der Waals surface area (Å²) in [7, 11) is 1.71. The SMILES string of the molecule is COc1ccccc1Cn1c(C)cc(-c2csc(N)n2)c1C. The number of benzene rings is 1. The molecule has 0 saturated carbocycles. The van der Waals surface area contributed by atoms with Gasteiger partial charge in [-0.2, -0.15) is 0 Å². The van der Waals surface area contributed by atoms with Crippen molar-refractivity contribution in [3.63, 3.8) is 0 Å². The first-order valence-corrected chi connectivity index (χ1v) is 7.98. The van der Waals surface area contributed by atoms with Gasteiger partial charge in [-0.05, 0) is 26.0 Å². The number of nitrogen functional groups attached to an aromatic ring is 1. The summed E-state index contributed by atoms with van der Waals surface area (Å²) in [5.41, 5.74) is 11.4. The Bertz CT molecular complexity index is 804. The highest BCUT2D eigenvalue weighted by Gasteiger charge is 2.14. The van der Waals surface area contributed by atoms with E-state index in [0.717, 1.165) is 29.1 Å². The third-order valence-corrected chi connectivity index (χ3v) is 4.57. The van der Waals surface area contributed by atoms with Crippen LogP contribution in [-0.2, 0) is 6.54 Å². The van der Waals surface area contributed by atoms with E-state index in [1.165, 1.54) is 22.7 Å². The average molecular weight is 313 g/mol. The first kappa shape index (κ1) is 14.7. The standard InChI is InChI=1S/C17H19N3OS/c1-11-8-14(15-10-22-17(18)19-15)12(2)20(11)9-13-6-4-5-7-16(13)21-3/h4-8,10H,9H2,1-3H3,(H2,18,19). The topological polar surface area (TPSA) is 53.1 Å². The molecule has 5 heteroatoms. The van der Waals surface area contributed by atoms with Gasteiger partial charge in [0.25, 0.3) is 0 Å². The highest BCUT2D eigenvalue weighted by atomic mass is 32.1. The zero-order valence-electron chi connectivity index (χ0n) is 13.0. The number of para-hydroxylation sites is 1. The minimum atomic E-state index is 0.601. The highest BCUT2D eigenvalue weighted by molar-refractivity contribution is 7.13. The minimum Gasteiger partial charge on any atom is -0.496 e. The first-order chi connectivity index (χ1) is 10.6. The molecule has 0 spiro atoms.